The fourth-order valence-corrected chi connectivity index (χ4v) is 3.50. The molecule has 5 nitrogen and oxygen atoms in total. The summed E-state index contributed by atoms with van der Waals surface area (Å²) in [6.45, 7) is 0.572. The van der Waals surface area contributed by atoms with Crippen molar-refractivity contribution in [2.75, 3.05) is 13.7 Å². The summed E-state index contributed by atoms with van der Waals surface area (Å²) in [6, 6.07) is 28.2. The third-order valence-corrected chi connectivity index (χ3v) is 5.33. The molecule has 1 N–H and O–H groups in total. The van der Waals surface area contributed by atoms with Crippen molar-refractivity contribution < 1.29 is 23.9 Å². The lowest BCUT2D eigenvalue weighted by atomic mass is 10.0. The van der Waals surface area contributed by atoms with E-state index in [-0.39, 0.29) is 12.4 Å². The van der Waals surface area contributed by atoms with Crippen LogP contribution in [0, 0.1) is 0 Å². The molecule has 1 atom stereocenters. The van der Waals surface area contributed by atoms with Gasteiger partial charge in [0.25, 0.3) is 0 Å². The molecule has 0 spiro atoms. The van der Waals surface area contributed by atoms with E-state index in [0.29, 0.717) is 29.2 Å². The molecule has 0 amide bonds. The van der Waals surface area contributed by atoms with Crippen LogP contribution in [-0.2, 0) is 6.54 Å². The summed E-state index contributed by atoms with van der Waals surface area (Å²) in [5.74, 6) is 1.24. The third-order valence-electron chi connectivity index (χ3n) is 5.33. The van der Waals surface area contributed by atoms with Crippen molar-refractivity contribution in [3.05, 3.63) is 115 Å². The first-order valence-electron chi connectivity index (χ1n) is 10.8. The highest BCUT2D eigenvalue weighted by Crippen LogP contribution is 2.19. The summed E-state index contributed by atoms with van der Waals surface area (Å²) < 4.78 is 12.8. The number of aromatic nitrogens is 1. The van der Waals surface area contributed by atoms with Gasteiger partial charge in [0.1, 0.15) is 24.2 Å². The summed E-state index contributed by atoms with van der Waals surface area (Å²) in [6.07, 6.45) is 3.23. The molecule has 5 heteroatoms. The first-order valence-corrected chi connectivity index (χ1v) is 10.8. The largest absolute Gasteiger partial charge is 0.497 e. The number of carbonyl (C=O) groups is 1. The minimum absolute atomic E-state index is 0.0698. The standard InChI is InChI=1S/C28H26NO4/c1-32-26-11-7-23(8-12-26)28(31)24-9-13-27(14-10-24)33-20-25(30)19-29-17-15-22(16-18-29)21-5-3-2-4-6-21/h2-18,25,30H,19-20H2,1H3/q+1. The number of nitrogens with zero attached hydrogens (tertiary/aromatic N) is 1. The van der Waals surface area contributed by atoms with Crippen LogP contribution in [0.3, 0.4) is 0 Å². The first kappa shape index (κ1) is 22.2. The SMILES string of the molecule is COc1ccc(C(=O)c2ccc(OCC(O)C[n+]3ccc(-c4ccccc4)cc3)cc2)cc1. The Balaban J connectivity index is 1.29. The molecule has 0 aliphatic heterocycles. The van der Waals surface area contributed by atoms with E-state index in [9.17, 15) is 9.90 Å². The van der Waals surface area contributed by atoms with E-state index in [4.69, 9.17) is 9.47 Å². The third kappa shape index (κ3) is 5.84. The van der Waals surface area contributed by atoms with Crippen LogP contribution < -0.4 is 14.0 Å². The molecule has 4 rings (SSSR count). The van der Waals surface area contributed by atoms with Crippen LogP contribution in [-0.4, -0.2) is 30.7 Å². The number of hydrogen-bond donors (Lipinski definition) is 1. The molecule has 0 saturated heterocycles. The fourth-order valence-electron chi connectivity index (χ4n) is 3.50. The van der Waals surface area contributed by atoms with Crippen LogP contribution in [0.1, 0.15) is 15.9 Å². The number of benzene rings is 3. The first-order chi connectivity index (χ1) is 16.1. The number of methoxy groups -OCH3 is 1. The maximum atomic E-state index is 12.6. The van der Waals surface area contributed by atoms with Gasteiger partial charge in [0.15, 0.2) is 24.7 Å². The predicted molar refractivity (Wildman–Crippen MR) is 126 cm³/mol. The summed E-state index contributed by atoms with van der Waals surface area (Å²) in [5.41, 5.74) is 3.45. The Bertz CT molecular complexity index is 1170. The zero-order valence-corrected chi connectivity index (χ0v) is 18.4. The molecule has 4 aromatic rings. The summed E-state index contributed by atoms with van der Waals surface area (Å²) in [5, 5.41) is 10.4. The number of ketones is 1. The number of hydrogen-bond acceptors (Lipinski definition) is 4. The van der Waals surface area contributed by atoms with Gasteiger partial charge in [0.05, 0.1) is 7.11 Å². The van der Waals surface area contributed by atoms with Crippen LogP contribution in [0.5, 0.6) is 11.5 Å². The number of pyridine rings is 1. The quantitative estimate of drug-likeness (QED) is 0.311. The van der Waals surface area contributed by atoms with E-state index in [1.54, 1.807) is 55.6 Å². The van der Waals surface area contributed by atoms with Crippen LogP contribution in [0.4, 0.5) is 0 Å². The average molecular weight is 441 g/mol. The zero-order chi connectivity index (χ0) is 23.0. The van der Waals surface area contributed by atoms with Crippen LogP contribution in [0.25, 0.3) is 11.1 Å². The van der Waals surface area contributed by atoms with Crippen molar-refractivity contribution in [2.24, 2.45) is 0 Å². The minimum Gasteiger partial charge on any atom is -0.497 e. The molecule has 1 aromatic heterocycles. The highest BCUT2D eigenvalue weighted by Gasteiger charge is 2.13. The van der Waals surface area contributed by atoms with E-state index in [2.05, 4.69) is 12.1 Å². The fraction of sp³-hybridized carbons (Fsp3) is 0.143. The summed E-state index contributed by atoms with van der Waals surface area (Å²) in [7, 11) is 1.59. The molecule has 1 unspecified atom stereocenters. The van der Waals surface area contributed by atoms with Crippen molar-refractivity contribution in [1.29, 1.82) is 0 Å². The Hall–Kier alpha value is -3.96. The Morgan fingerprint density at radius 2 is 1.33 bits per heavy atom. The van der Waals surface area contributed by atoms with E-state index in [1.165, 1.54) is 0 Å². The van der Waals surface area contributed by atoms with Gasteiger partial charge >= 0.3 is 0 Å². The molecule has 33 heavy (non-hydrogen) atoms. The van der Waals surface area contributed by atoms with Gasteiger partial charge in [0, 0.05) is 23.3 Å². The van der Waals surface area contributed by atoms with Gasteiger partial charge < -0.3 is 14.6 Å². The number of aliphatic hydroxyl groups is 1. The van der Waals surface area contributed by atoms with E-state index in [1.807, 2.05) is 47.3 Å². The monoisotopic (exact) mass is 440 g/mol. The van der Waals surface area contributed by atoms with E-state index < -0.39 is 6.10 Å². The molecule has 1 heterocycles. The lowest BCUT2D eigenvalue weighted by molar-refractivity contribution is -0.703. The number of rotatable bonds is 9. The second kappa shape index (κ2) is 10.6. The summed E-state index contributed by atoms with van der Waals surface area (Å²) >= 11 is 0. The smallest absolute Gasteiger partial charge is 0.193 e. The average Bonchev–Trinajstić information content (AvgIpc) is 2.88. The molecule has 0 bridgehead atoms. The lowest BCUT2D eigenvalue weighted by Crippen LogP contribution is -2.41. The van der Waals surface area contributed by atoms with Gasteiger partial charge in [0.2, 0.25) is 0 Å². The van der Waals surface area contributed by atoms with Gasteiger partial charge in [-0.3, -0.25) is 4.79 Å². The topological polar surface area (TPSA) is 59.6 Å². The van der Waals surface area contributed by atoms with Crippen LogP contribution in [0.2, 0.25) is 0 Å². The Kier molecular flexibility index (Phi) is 7.12. The highest BCUT2D eigenvalue weighted by molar-refractivity contribution is 6.09. The Labute approximate surface area is 193 Å². The Morgan fingerprint density at radius 1 is 0.788 bits per heavy atom. The molecular weight excluding hydrogens is 414 g/mol. The maximum absolute atomic E-state index is 12.6. The number of ether oxygens (including phenoxy) is 2. The van der Waals surface area contributed by atoms with Crippen LogP contribution >= 0.6 is 0 Å². The molecule has 0 aliphatic carbocycles. The van der Waals surface area contributed by atoms with Gasteiger partial charge in [-0.1, -0.05) is 30.3 Å². The Morgan fingerprint density at radius 3 is 1.91 bits per heavy atom. The van der Waals surface area contributed by atoms with Gasteiger partial charge in [-0.25, -0.2) is 4.57 Å². The van der Waals surface area contributed by atoms with Crippen molar-refractivity contribution in [3.8, 4) is 22.6 Å². The number of carbonyl (C=O) groups excluding carboxylic acids is 1. The van der Waals surface area contributed by atoms with Gasteiger partial charge in [-0.05, 0) is 59.7 Å². The lowest BCUT2D eigenvalue weighted by Gasteiger charge is -2.11. The minimum atomic E-state index is -0.668. The zero-order valence-electron chi connectivity index (χ0n) is 18.4. The molecular formula is C28H26NO4+. The molecule has 0 saturated carbocycles. The van der Waals surface area contributed by atoms with E-state index >= 15 is 0 Å². The highest BCUT2D eigenvalue weighted by atomic mass is 16.5. The second-order valence-electron chi connectivity index (χ2n) is 7.70. The molecule has 0 fully saturated rings. The van der Waals surface area contributed by atoms with Crippen molar-refractivity contribution in [3.63, 3.8) is 0 Å². The van der Waals surface area contributed by atoms with E-state index in [0.717, 1.165) is 11.1 Å². The van der Waals surface area contributed by atoms with Crippen molar-refractivity contribution in [1.82, 2.24) is 0 Å². The van der Waals surface area contributed by atoms with Crippen molar-refractivity contribution >= 4 is 5.78 Å². The normalized spacial score (nSPS) is 11.6. The molecule has 3 aromatic carbocycles. The molecule has 0 aliphatic rings. The van der Waals surface area contributed by atoms with Gasteiger partial charge in [-0.15, -0.1) is 0 Å². The second-order valence-corrected chi connectivity index (χ2v) is 7.70. The summed E-state index contributed by atoms with van der Waals surface area (Å²) in [4.78, 5) is 12.6. The molecule has 0 radical (unpaired) electrons. The maximum Gasteiger partial charge on any atom is 0.193 e. The van der Waals surface area contributed by atoms with Crippen molar-refractivity contribution in [2.45, 2.75) is 12.6 Å². The molecule has 166 valence electrons. The van der Waals surface area contributed by atoms with Crippen LogP contribution in [0.15, 0.2) is 103 Å². The predicted octanol–water partition coefficient (Wildman–Crippen LogP) is 4.32. The number of aliphatic hydroxyl groups excluding tert-OH is 1. The van der Waals surface area contributed by atoms with Gasteiger partial charge in [-0.2, -0.15) is 0 Å².